The molecular formula is C31H40O5. The van der Waals surface area contributed by atoms with E-state index >= 15 is 0 Å². The number of ketones is 1. The van der Waals surface area contributed by atoms with E-state index < -0.39 is 0 Å². The molecule has 0 saturated heterocycles. The van der Waals surface area contributed by atoms with Gasteiger partial charge >= 0.3 is 0 Å². The topological polar surface area (TPSA) is 54.0 Å². The van der Waals surface area contributed by atoms with Crippen molar-refractivity contribution in [3.8, 4) is 23.0 Å². The molecule has 2 aromatic carbocycles. The Labute approximate surface area is 216 Å². The highest BCUT2D eigenvalue weighted by atomic mass is 16.5. The van der Waals surface area contributed by atoms with Crippen LogP contribution in [0.4, 0.5) is 0 Å². The molecule has 0 aromatic heterocycles. The molecule has 2 aromatic rings. The molecule has 0 radical (unpaired) electrons. The first-order valence-electron chi connectivity index (χ1n) is 13.3. The van der Waals surface area contributed by atoms with Crippen LogP contribution >= 0.6 is 0 Å². The smallest absolute Gasteiger partial charge is 0.185 e. The number of allylic oxidation sites excluding steroid dienone is 2. The fraction of sp³-hybridized carbons (Fsp3) is 0.452. The first kappa shape index (κ1) is 27.4. The fourth-order valence-corrected chi connectivity index (χ4v) is 4.04. The Bertz CT molecular complexity index is 983. The largest absolute Gasteiger partial charge is 0.490 e. The van der Waals surface area contributed by atoms with Gasteiger partial charge < -0.3 is 18.9 Å². The predicted molar refractivity (Wildman–Crippen MR) is 146 cm³/mol. The highest BCUT2D eigenvalue weighted by Crippen LogP contribution is 2.34. The number of ether oxygens (including phenoxy) is 4. The summed E-state index contributed by atoms with van der Waals surface area (Å²) in [4.78, 5) is 13.2. The van der Waals surface area contributed by atoms with Crippen LogP contribution in [0.1, 0.15) is 77.3 Å². The van der Waals surface area contributed by atoms with Gasteiger partial charge in [0.15, 0.2) is 28.8 Å². The second-order valence-electron chi connectivity index (χ2n) is 8.85. The molecule has 0 atom stereocenters. The third-order valence-corrected chi connectivity index (χ3v) is 5.97. The second kappa shape index (κ2) is 14.4. The Balaban J connectivity index is 1.76. The van der Waals surface area contributed by atoms with E-state index in [1.807, 2.05) is 62.4 Å². The van der Waals surface area contributed by atoms with Gasteiger partial charge in [-0.2, -0.15) is 0 Å². The van der Waals surface area contributed by atoms with Gasteiger partial charge in [0.1, 0.15) is 0 Å². The summed E-state index contributed by atoms with van der Waals surface area (Å²) >= 11 is 0. The minimum absolute atomic E-state index is 0.0949. The summed E-state index contributed by atoms with van der Waals surface area (Å²) in [6.07, 6.45) is 9.55. The van der Waals surface area contributed by atoms with Gasteiger partial charge in [0.05, 0.1) is 26.4 Å². The molecule has 36 heavy (non-hydrogen) atoms. The summed E-state index contributed by atoms with van der Waals surface area (Å²) in [7, 11) is 0. The maximum absolute atomic E-state index is 13.2. The van der Waals surface area contributed by atoms with Crippen molar-refractivity contribution >= 4 is 17.9 Å². The number of carbonyl (C=O) groups excluding carboxylic acids is 1. The van der Waals surface area contributed by atoms with Crippen molar-refractivity contribution in [2.75, 3.05) is 26.4 Å². The zero-order chi connectivity index (χ0) is 25.8. The summed E-state index contributed by atoms with van der Waals surface area (Å²) in [6, 6.07) is 11.7. The zero-order valence-electron chi connectivity index (χ0n) is 22.2. The predicted octanol–water partition coefficient (Wildman–Crippen LogP) is 7.67. The van der Waals surface area contributed by atoms with Crippen LogP contribution in [0.3, 0.4) is 0 Å². The van der Waals surface area contributed by atoms with E-state index in [1.54, 1.807) is 0 Å². The van der Waals surface area contributed by atoms with Crippen LogP contribution in [0.15, 0.2) is 47.5 Å². The van der Waals surface area contributed by atoms with Crippen LogP contribution in [0.25, 0.3) is 12.2 Å². The van der Waals surface area contributed by atoms with Crippen LogP contribution in [0.5, 0.6) is 23.0 Å². The minimum atomic E-state index is 0.0949. The lowest BCUT2D eigenvalue weighted by molar-refractivity contribution is -0.111. The molecule has 1 aliphatic carbocycles. The third-order valence-electron chi connectivity index (χ3n) is 5.97. The van der Waals surface area contributed by atoms with Gasteiger partial charge in [-0.05, 0) is 87.1 Å². The van der Waals surface area contributed by atoms with E-state index in [-0.39, 0.29) is 5.78 Å². The third kappa shape index (κ3) is 7.64. The van der Waals surface area contributed by atoms with Gasteiger partial charge in [-0.1, -0.05) is 38.8 Å². The van der Waals surface area contributed by atoms with Gasteiger partial charge in [-0.25, -0.2) is 0 Å². The Morgan fingerprint density at radius 1 is 0.639 bits per heavy atom. The molecule has 0 heterocycles. The van der Waals surface area contributed by atoms with Crippen LogP contribution < -0.4 is 18.9 Å². The van der Waals surface area contributed by atoms with Gasteiger partial charge in [0.2, 0.25) is 0 Å². The first-order chi connectivity index (χ1) is 17.6. The molecule has 0 aliphatic heterocycles. The van der Waals surface area contributed by atoms with Gasteiger partial charge in [0, 0.05) is 11.1 Å². The Morgan fingerprint density at radius 3 is 1.47 bits per heavy atom. The molecule has 0 spiro atoms. The molecule has 1 aliphatic rings. The molecule has 0 N–H and O–H groups in total. The maximum Gasteiger partial charge on any atom is 0.185 e. The highest BCUT2D eigenvalue weighted by molar-refractivity contribution is 6.15. The molecule has 0 amide bonds. The van der Waals surface area contributed by atoms with E-state index in [0.717, 1.165) is 72.3 Å². The maximum atomic E-state index is 13.2. The fourth-order valence-electron chi connectivity index (χ4n) is 4.04. The van der Waals surface area contributed by atoms with Crippen molar-refractivity contribution in [2.24, 2.45) is 0 Å². The second-order valence-corrected chi connectivity index (χ2v) is 8.85. The molecule has 3 rings (SSSR count). The molecule has 0 bridgehead atoms. The Kier molecular flexibility index (Phi) is 10.9. The van der Waals surface area contributed by atoms with Crippen molar-refractivity contribution in [3.05, 3.63) is 58.7 Å². The SMILES string of the molecule is CCCCOc1ccc(/C=C2\CC/C(=C\c3ccc(OCCCC)c(OCC)c3)C2=O)cc1OCC. The van der Waals surface area contributed by atoms with Crippen molar-refractivity contribution < 1.29 is 23.7 Å². The van der Waals surface area contributed by atoms with E-state index in [1.165, 1.54) is 0 Å². The standard InChI is InChI=1S/C31H40O5/c1-5-9-17-35-27-15-11-23(21-29(27)33-7-3)19-25-13-14-26(31(25)32)20-24-12-16-28(36-18-10-6-2)30(22-24)34-8-4/h11-12,15-16,19-22H,5-10,13-14,17-18H2,1-4H3/b25-19+,26-20+. The average molecular weight is 493 g/mol. The monoisotopic (exact) mass is 492 g/mol. The average Bonchev–Trinajstić information content (AvgIpc) is 3.21. The molecular weight excluding hydrogens is 452 g/mol. The zero-order valence-corrected chi connectivity index (χ0v) is 22.2. The van der Waals surface area contributed by atoms with Crippen LogP contribution in [-0.2, 0) is 4.79 Å². The number of Topliss-reactive ketones (excluding diaryl/α,β-unsaturated/α-hetero) is 1. The van der Waals surface area contributed by atoms with Crippen molar-refractivity contribution in [1.29, 1.82) is 0 Å². The van der Waals surface area contributed by atoms with E-state index in [2.05, 4.69) is 13.8 Å². The van der Waals surface area contributed by atoms with Crippen LogP contribution in [0.2, 0.25) is 0 Å². The number of carbonyl (C=O) groups is 1. The summed E-state index contributed by atoms with van der Waals surface area (Å²) < 4.78 is 23.4. The molecule has 5 heteroatoms. The lowest BCUT2D eigenvalue weighted by atomic mass is 10.1. The van der Waals surface area contributed by atoms with Crippen LogP contribution in [0, 0.1) is 0 Å². The van der Waals surface area contributed by atoms with Crippen molar-refractivity contribution in [2.45, 2.75) is 66.2 Å². The van der Waals surface area contributed by atoms with Crippen molar-refractivity contribution in [1.82, 2.24) is 0 Å². The number of rotatable bonds is 14. The van der Waals surface area contributed by atoms with Crippen LogP contribution in [-0.4, -0.2) is 32.2 Å². The number of hydrogen-bond acceptors (Lipinski definition) is 5. The lowest BCUT2D eigenvalue weighted by Gasteiger charge is -2.12. The molecule has 5 nitrogen and oxygen atoms in total. The first-order valence-corrected chi connectivity index (χ1v) is 13.3. The van der Waals surface area contributed by atoms with Gasteiger partial charge in [-0.15, -0.1) is 0 Å². The number of unbranched alkanes of at least 4 members (excludes halogenated alkanes) is 2. The summed E-state index contributed by atoms with van der Waals surface area (Å²) in [5.74, 6) is 3.02. The minimum Gasteiger partial charge on any atom is -0.490 e. The normalized spacial score (nSPS) is 15.5. The van der Waals surface area contributed by atoms with E-state index in [9.17, 15) is 4.79 Å². The summed E-state index contributed by atoms with van der Waals surface area (Å²) in [5.41, 5.74) is 3.51. The number of hydrogen-bond donors (Lipinski definition) is 0. The van der Waals surface area contributed by atoms with E-state index in [0.29, 0.717) is 37.9 Å². The Morgan fingerprint density at radius 2 is 1.08 bits per heavy atom. The Hall–Kier alpha value is -3.21. The number of benzene rings is 2. The molecule has 1 saturated carbocycles. The lowest BCUT2D eigenvalue weighted by Crippen LogP contribution is -2.01. The molecule has 1 fully saturated rings. The summed E-state index contributed by atoms with van der Waals surface area (Å²) in [5, 5.41) is 0. The molecule has 194 valence electrons. The highest BCUT2D eigenvalue weighted by Gasteiger charge is 2.23. The van der Waals surface area contributed by atoms with Gasteiger partial charge in [-0.3, -0.25) is 4.79 Å². The summed E-state index contributed by atoms with van der Waals surface area (Å²) in [6.45, 7) is 10.6. The molecule has 0 unspecified atom stereocenters. The van der Waals surface area contributed by atoms with E-state index in [4.69, 9.17) is 18.9 Å². The quantitative estimate of drug-likeness (QED) is 0.200. The van der Waals surface area contributed by atoms with Gasteiger partial charge in [0.25, 0.3) is 0 Å². The van der Waals surface area contributed by atoms with Crippen molar-refractivity contribution in [3.63, 3.8) is 0 Å².